The predicted octanol–water partition coefficient (Wildman–Crippen LogP) is 3.14. The molecule has 0 spiro atoms. The van der Waals surface area contributed by atoms with Crippen molar-refractivity contribution < 1.29 is 5.11 Å². The van der Waals surface area contributed by atoms with Gasteiger partial charge in [-0.15, -0.1) is 0 Å². The third kappa shape index (κ3) is 4.63. The van der Waals surface area contributed by atoms with Crippen LogP contribution in [0.25, 0.3) is 0 Å². The molecule has 2 unspecified atom stereocenters. The van der Waals surface area contributed by atoms with Gasteiger partial charge in [0.05, 0.1) is 6.10 Å². The van der Waals surface area contributed by atoms with Crippen molar-refractivity contribution in [2.24, 2.45) is 11.8 Å². The van der Waals surface area contributed by atoms with Crippen molar-refractivity contribution in [3.63, 3.8) is 0 Å². The van der Waals surface area contributed by atoms with E-state index in [1.165, 1.54) is 24.0 Å². The van der Waals surface area contributed by atoms with Gasteiger partial charge in [0.2, 0.25) is 0 Å². The first-order valence-corrected chi connectivity index (χ1v) is 7.61. The standard InChI is InChI=1S/C17H27NO/c1-13(2)10-14-6-8-15(9-7-14)11-18-12-16-4-3-5-17(16)19/h6-9,13,16-19H,3-5,10-12H2,1-2H3. The smallest absolute Gasteiger partial charge is 0.0580 e. The Morgan fingerprint density at radius 1 is 1.16 bits per heavy atom. The number of hydrogen-bond acceptors (Lipinski definition) is 2. The zero-order chi connectivity index (χ0) is 13.7. The lowest BCUT2D eigenvalue weighted by molar-refractivity contribution is 0.131. The van der Waals surface area contributed by atoms with Crippen LogP contribution in [0, 0.1) is 11.8 Å². The SMILES string of the molecule is CC(C)Cc1ccc(CNCC2CCCC2O)cc1. The van der Waals surface area contributed by atoms with Gasteiger partial charge in [-0.25, -0.2) is 0 Å². The fraction of sp³-hybridized carbons (Fsp3) is 0.647. The van der Waals surface area contributed by atoms with Crippen molar-refractivity contribution in [1.29, 1.82) is 0 Å². The number of aliphatic hydroxyl groups is 1. The third-order valence-electron chi connectivity index (χ3n) is 4.02. The molecule has 0 aromatic heterocycles. The molecule has 0 bridgehead atoms. The highest BCUT2D eigenvalue weighted by Gasteiger charge is 2.24. The second kappa shape index (κ2) is 7.06. The molecule has 1 aromatic rings. The summed E-state index contributed by atoms with van der Waals surface area (Å²) >= 11 is 0. The maximum absolute atomic E-state index is 9.77. The molecule has 2 atom stereocenters. The van der Waals surface area contributed by atoms with Crippen molar-refractivity contribution in [3.8, 4) is 0 Å². The van der Waals surface area contributed by atoms with Crippen LogP contribution in [0.2, 0.25) is 0 Å². The number of aliphatic hydroxyl groups excluding tert-OH is 1. The van der Waals surface area contributed by atoms with E-state index in [2.05, 4.69) is 43.4 Å². The summed E-state index contributed by atoms with van der Waals surface area (Å²) < 4.78 is 0. The molecule has 0 radical (unpaired) electrons. The van der Waals surface area contributed by atoms with Gasteiger partial charge in [0.1, 0.15) is 0 Å². The lowest BCUT2D eigenvalue weighted by Crippen LogP contribution is -2.27. The average Bonchev–Trinajstić information content (AvgIpc) is 2.77. The van der Waals surface area contributed by atoms with E-state index in [1.54, 1.807) is 0 Å². The minimum atomic E-state index is -0.0825. The maximum Gasteiger partial charge on any atom is 0.0580 e. The van der Waals surface area contributed by atoms with Crippen LogP contribution in [0.4, 0.5) is 0 Å². The molecular formula is C17H27NO. The lowest BCUT2D eigenvalue weighted by atomic mass is 10.0. The number of rotatable bonds is 6. The molecule has 1 aliphatic rings. The number of nitrogens with one attached hydrogen (secondary N) is 1. The van der Waals surface area contributed by atoms with Gasteiger partial charge >= 0.3 is 0 Å². The lowest BCUT2D eigenvalue weighted by Gasteiger charge is -2.15. The van der Waals surface area contributed by atoms with Crippen molar-refractivity contribution in [2.75, 3.05) is 6.54 Å². The van der Waals surface area contributed by atoms with Crippen LogP contribution in [0.1, 0.15) is 44.2 Å². The fourth-order valence-corrected chi connectivity index (χ4v) is 2.92. The van der Waals surface area contributed by atoms with Crippen molar-refractivity contribution in [1.82, 2.24) is 5.32 Å². The maximum atomic E-state index is 9.77. The summed E-state index contributed by atoms with van der Waals surface area (Å²) in [6.07, 6.45) is 4.40. The Morgan fingerprint density at radius 2 is 1.84 bits per heavy atom. The minimum absolute atomic E-state index is 0.0825. The molecule has 0 heterocycles. The Kier molecular flexibility index (Phi) is 5.41. The molecule has 0 aliphatic heterocycles. The highest BCUT2D eigenvalue weighted by Crippen LogP contribution is 2.24. The van der Waals surface area contributed by atoms with Gasteiger partial charge in [-0.05, 0) is 42.2 Å². The second-order valence-corrected chi connectivity index (χ2v) is 6.30. The monoisotopic (exact) mass is 261 g/mol. The number of benzene rings is 1. The minimum Gasteiger partial charge on any atom is -0.393 e. The highest BCUT2D eigenvalue weighted by atomic mass is 16.3. The van der Waals surface area contributed by atoms with E-state index in [1.807, 2.05) is 0 Å². The Labute approximate surface area is 117 Å². The van der Waals surface area contributed by atoms with Crippen LogP contribution < -0.4 is 5.32 Å². The summed E-state index contributed by atoms with van der Waals surface area (Å²) in [7, 11) is 0. The molecule has 1 aromatic carbocycles. The molecule has 1 fully saturated rings. The number of hydrogen-bond donors (Lipinski definition) is 2. The normalized spacial score (nSPS) is 23.2. The zero-order valence-corrected chi connectivity index (χ0v) is 12.2. The molecule has 2 rings (SSSR count). The van der Waals surface area contributed by atoms with Gasteiger partial charge in [-0.3, -0.25) is 0 Å². The van der Waals surface area contributed by atoms with E-state index < -0.39 is 0 Å². The second-order valence-electron chi connectivity index (χ2n) is 6.30. The highest BCUT2D eigenvalue weighted by molar-refractivity contribution is 5.22. The van der Waals surface area contributed by atoms with Crippen LogP contribution in [-0.4, -0.2) is 17.8 Å². The van der Waals surface area contributed by atoms with Crippen molar-refractivity contribution in [3.05, 3.63) is 35.4 Å². The first kappa shape index (κ1) is 14.5. The first-order valence-electron chi connectivity index (χ1n) is 7.61. The first-order chi connectivity index (χ1) is 9.15. The van der Waals surface area contributed by atoms with Crippen LogP contribution >= 0.6 is 0 Å². The predicted molar refractivity (Wildman–Crippen MR) is 80.0 cm³/mol. The fourth-order valence-electron chi connectivity index (χ4n) is 2.92. The van der Waals surface area contributed by atoms with Crippen LogP contribution in [0.15, 0.2) is 24.3 Å². The van der Waals surface area contributed by atoms with E-state index in [-0.39, 0.29) is 6.10 Å². The average molecular weight is 261 g/mol. The zero-order valence-electron chi connectivity index (χ0n) is 12.2. The van der Waals surface area contributed by atoms with E-state index >= 15 is 0 Å². The van der Waals surface area contributed by atoms with E-state index in [0.29, 0.717) is 11.8 Å². The Morgan fingerprint density at radius 3 is 2.42 bits per heavy atom. The van der Waals surface area contributed by atoms with E-state index in [9.17, 15) is 5.11 Å². The Hall–Kier alpha value is -0.860. The van der Waals surface area contributed by atoms with Crippen LogP contribution in [-0.2, 0) is 13.0 Å². The Bertz CT molecular complexity index is 371. The molecule has 0 saturated heterocycles. The van der Waals surface area contributed by atoms with Gasteiger partial charge < -0.3 is 10.4 Å². The molecule has 2 nitrogen and oxygen atoms in total. The van der Waals surface area contributed by atoms with Gasteiger partial charge in [-0.2, -0.15) is 0 Å². The van der Waals surface area contributed by atoms with E-state index in [0.717, 1.165) is 25.9 Å². The van der Waals surface area contributed by atoms with Crippen molar-refractivity contribution in [2.45, 2.75) is 52.2 Å². The van der Waals surface area contributed by atoms with Gasteiger partial charge in [-0.1, -0.05) is 44.5 Å². The molecule has 19 heavy (non-hydrogen) atoms. The van der Waals surface area contributed by atoms with Gasteiger partial charge in [0.15, 0.2) is 0 Å². The van der Waals surface area contributed by atoms with Crippen LogP contribution in [0.3, 0.4) is 0 Å². The molecule has 2 N–H and O–H groups in total. The summed E-state index contributed by atoms with van der Waals surface area (Å²) in [6, 6.07) is 8.91. The third-order valence-corrected chi connectivity index (χ3v) is 4.02. The molecular weight excluding hydrogens is 234 g/mol. The summed E-state index contributed by atoms with van der Waals surface area (Å²) in [5.41, 5.74) is 2.75. The molecule has 1 aliphatic carbocycles. The van der Waals surface area contributed by atoms with Gasteiger partial charge in [0, 0.05) is 13.1 Å². The summed E-state index contributed by atoms with van der Waals surface area (Å²) in [5, 5.41) is 13.2. The molecule has 0 amide bonds. The van der Waals surface area contributed by atoms with E-state index in [4.69, 9.17) is 0 Å². The summed E-state index contributed by atoms with van der Waals surface area (Å²) in [4.78, 5) is 0. The Balaban J connectivity index is 1.73. The van der Waals surface area contributed by atoms with Crippen LogP contribution in [0.5, 0.6) is 0 Å². The summed E-state index contributed by atoms with van der Waals surface area (Å²) in [6.45, 7) is 6.35. The largest absolute Gasteiger partial charge is 0.393 e. The topological polar surface area (TPSA) is 32.3 Å². The summed E-state index contributed by atoms with van der Waals surface area (Å²) in [5.74, 6) is 1.17. The molecule has 2 heteroatoms. The van der Waals surface area contributed by atoms with Gasteiger partial charge in [0.25, 0.3) is 0 Å². The molecule has 1 saturated carbocycles. The quantitative estimate of drug-likeness (QED) is 0.824. The molecule has 106 valence electrons. The van der Waals surface area contributed by atoms with Crippen molar-refractivity contribution >= 4 is 0 Å².